The van der Waals surface area contributed by atoms with Gasteiger partial charge in [-0.25, -0.2) is 24.7 Å². The number of thioether (sulfide) groups is 2. The lowest BCUT2D eigenvalue weighted by Crippen LogP contribution is -2.39. The number of nitrogens with zero attached hydrogens (tertiary/aromatic N) is 5. The van der Waals surface area contributed by atoms with Gasteiger partial charge < -0.3 is 11.1 Å². The second-order valence-electron chi connectivity index (χ2n) is 7.80. The SMILES string of the molecule is CSc1ncc(CNc2ccccc2Cl)c(N)n1.CSc1ncc2c(n1)NC(=O)N(c1ccccc1Cl)C2. The third-order valence-electron chi connectivity index (χ3n) is 5.37. The van der Waals surface area contributed by atoms with E-state index in [9.17, 15) is 4.79 Å². The van der Waals surface area contributed by atoms with Crippen LogP contribution in [0.4, 0.5) is 27.8 Å². The molecule has 2 aromatic carbocycles. The molecule has 1 aliphatic rings. The summed E-state index contributed by atoms with van der Waals surface area (Å²) >= 11 is 15.1. The van der Waals surface area contributed by atoms with Crippen LogP contribution in [-0.2, 0) is 13.1 Å². The number of hydrogen-bond acceptors (Lipinski definition) is 9. The van der Waals surface area contributed by atoms with Gasteiger partial charge in [-0.2, -0.15) is 0 Å². The van der Waals surface area contributed by atoms with Gasteiger partial charge in [0.25, 0.3) is 0 Å². The van der Waals surface area contributed by atoms with Gasteiger partial charge >= 0.3 is 6.03 Å². The Morgan fingerprint density at radius 1 is 0.974 bits per heavy atom. The summed E-state index contributed by atoms with van der Waals surface area (Å²) in [6, 6.07) is 14.6. The Balaban J connectivity index is 0.000000178. The lowest BCUT2D eigenvalue weighted by molar-refractivity contribution is 0.256. The lowest BCUT2D eigenvalue weighted by Gasteiger charge is -2.29. The van der Waals surface area contributed by atoms with Gasteiger partial charge in [-0.05, 0) is 36.8 Å². The average Bonchev–Trinajstić information content (AvgIpc) is 2.93. The summed E-state index contributed by atoms with van der Waals surface area (Å²) < 4.78 is 0. The predicted molar refractivity (Wildman–Crippen MR) is 157 cm³/mol. The van der Waals surface area contributed by atoms with Crippen molar-refractivity contribution >= 4 is 75.8 Å². The van der Waals surface area contributed by atoms with E-state index in [0.717, 1.165) is 16.8 Å². The van der Waals surface area contributed by atoms with Gasteiger partial charge in [0.2, 0.25) is 0 Å². The van der Waals surface area contributed by atoms with Crippen LogP contribution in [0.3, 0.4) is 0 Å². The largest absolute Gasteiger partial charge is 0.383 e. The van der Waals surface area contributed by atoms with Crippen LogP contribution in [0.25, 0.3) is 0 Å². The zero-order valence-electron chi connectivity index (χ0n) is 20.5. The van der Waals surface area contributed by atoms with Crippen molar-refractivity contribution in [3.63, 3.8) is 0 Å². The molecule has 2 aromatic heterocycles. The number of nitrogen functional groups attached to an aromatic ring is 1. The van der Waals surface area contributed by atoms with Crippen LogP contribution in [0, 0.1) is 0 Å². The number of carbonyl (C=O) groups excluding carboxylic acids is 1. The van der Waals surface area contributed by atoms with Crippen molar-refractivity contribution in [1.82, 2.24) is 19.9 Å². The first-order valence-corrected chi connectivity index (χ1v) is 14.5. The maximum absolute atomic E-state index is 12.2. The number of urea groups is 1. The summed E-state index contributed by atoms with van der Waals surface area (Å²) in [6.45, 7) is 0.948. The summed E-state index contributed by atoms with van der Waals surface area (Å²) in [6.07, 6.45) is 7.27. The molecule has 5 rings (SSSR count). The van der Waals surface area contributed by atoms with Gasteiger partial charge in [0.15, 0.2) is 10.3 Å². The fourth-order valence-electron chi connectivity index (χ4n) is 3.42. The molecule has 4 aromatic rings. The summed E-state index contributed by atoms with van der Waals surface area (Å²) in [5, 5.41) is 8.51. The van der Waals surface area contributed by atoms with E-state index in [1.807, 2.05) is 55.0 Å². The molecule has 0 saturated heterocycles. The number of carbonyl (C=O) groups is 1. The highest BCUT2D eigenvalue weighted by Gasteiger charge is 2.26. The topological polar surface area (TPSA) is 122 Å². The zero-order valence-corrected chi connectivity index (χ0v) is 23.6. The van der Waals surface area contributed by atoms with E-state index in [1.165, 1.54) is 23.5 Å². The van der Waals surface area contributed by atoms with Crippen LogP contribution >= 0.6 is 46.7 Å². The van der Waals surface area contributed by atoms with Crippen LogP contribution in [0.5, 0.6) is 0 Å². The minimum absolute atomic E-state index is 0.239. The fraction of sp³-hybridized carbons (Fsp3) is 0.160. The monoisotopic (exact) mass is 586 g/mol. The van der Waals surface area contributed by atoms with Crippen molar-refractivity contribution < 1.29 is 4.79 Å². The molecule has 13 heteroatoms. The summed E-state index contributed by atoms with van der Waals surface area (Å²) in [7, 11) is 0. The number of fused-ring (bicyclic) bond motifs is 1. The number of benzene rings is 2. The molecule has 0 atom stereocenters. The molecule has 9 nitrogen and oxygen atoms in total. The van der Waals surface area contributed by atoms with Crippen molar-refractivity contribution in [2.24, 2.45) is 0 Å². The molecule has 38 heavy (non-hydrogen) atoms. The number of nitrogens with one attached hydrogen (secondary N) is 2. The number of amides is 2. The molecule has 0 saturated carbocycles. The number of hydrogen-bond donors (Lipinski definition) is 3. The first kappa shape index (κ1) is 27.8. The maximum Gasteiger partial charge on any atom is 0.327 e. The standard InChI is InChI=1S/C13H11ClN4OS.C12H13ClN4S/c1-20-12-15-6-8-7-18(13(19)17-11(8)16-12)10-5-3-2-4-9(10)14;1-18-12-16-7-8(11(14)17-12)6-15-10-5-3-2-4-9(10)13/h2-6H,7H2,1H3,(H,15,16,17,19);2-5,7,15H,6H2,1H3,(H2,14,16,17). The molecular formula is C25H24Cl2N8OS2. The van der Waals surface area contributed by atoms with Crippen LogP contribution in [0.1, 0.15) is 11.1 Å². The number of aromatic nitrogens is 4. The first-order valence-electron chi connectivity index (χ1n) is 11.3. The molecule has 3 heterocycles. The van der Waals surface area contributed by atoms with E-state index in [-0.39, 0.29) is 6.03 Å². The van der Waals surface area contributed by atoms with Crippen LogP contribution in [-0.4, -0.2) is 38.5 Å². The van der Waals surface area contributed by atoms with E-state index in [4.69, 9.17) is 28.9 Å². The van der Waals surface area contributed by atoms with Gasteiger partial charge in [-0.15, -0.1) is 0 Å². The second-order valence-corrected chi connectivity index (χ2v) is 10.2. The van der Waals surface area contributed by atoms with Crippen molar-refractivity contribution in [2.45, 2.75) is 23.4 Å². The minimum Gasteiger partial charge on any atom is -0.383 e. The predicted octanol–water partition coefficient (Wildman–Crippen LogP) is 6.45. The van der Waals surface area contributed by atoms with E-state index in [1.54, 1.807) is 23.4 Å². The normalized spacial score (nSPS) is 12.2. The van der Waals surface area contributed by atoms with Gasteiger partial charge in [0, 0.05) is 30.1 Å². The van der Waals surface area contributed by atoms with Gasteiger partial charge in [0.1, 0.15) is 11.6 Å². The minimum atomic E-state index is -0.239. The van der Waals surface area contributed by atoms with Crippen molar-refractivity contribution in [2.75, 3.05) is 33.8 Å². The zero-order chi connectivity index (χ0) is 27.1. The Hall–Kier alpha value is -3.25. The van der Waals surface area contributed by atoms with Crippen LogP contribution in [0.15, 0.2) is 71.2 Å². The highest BCUT2D eigenvalue weighted by Crippen LogP contribution is 2.31. The van der Waals surface area contributed by atoms with E-state index in [0.29, 0.717) is 50.8 Å². The second kappa shape index (κ2) is 13.0. The number of rotatable bonds is 6. The quantitative estimate of drug-likeness (QED) is 0.173. The van der Waals surface area contributed by atoms with Crippen LogP contribution < -0.4 is 21.3 Å². The van der Waals surface area contributed by atoms with Crippen molar-refractivity contribution in [1.29, 1.82) is 0 Å². The molecular weight excluding hydrogens is 563 g/mol. The molecule has 1 aliphatic heterocycles. The van der Waals surface area contributed by atoms with Gasteiger partial charge in [0.05, 0.1) is 28.0 Å². The Labute approximate surface area is 239 Å². The Kier molecular flexibility index (Phi) is 9.51. The Morgan fingerprint density at radius 3 is 2.32 bits per heavy atom. The number of nitrogens with two attached hydrogens (primary N) is 1. The average molecular weight is 588 g/mol. The Morgan fingerprint density at radius 2 is 1.63 bits per heavy atom. The highest BCUT2D eigenvalue weighted by molar-refractivity contribution is 7.98. The first-order chi connectivity index (χ1) is 18.4. The Bertz CT molecular complexity index is 1440. The summed E-state index contributed by atoms with van der Waals surface area (Å²) in [5.74, 6) is 1.06. The number of para-hydroxylation sites is 2. The van der Waals surface area contributed by atoms with Gasteiger partial charge in [-0.3, -0.25) is 10.2 Å². The summed E-state index contributed by atoms with van der Waals surface area (Å²) in [5.41, 5.74) is 9.12. The molecule has 196 valence electrons. The maximum atomic E-state index is 12.2. The van der Waals surface area contributed by atoms with E-state index < -0.39 is 0 Å². The molecule has 0 radical (unpaired) electrons. The smallest absolute Gasteiger partial charge is 0.327 e. The number of halogens is 2. The number of anilines is 4. The molecule has 0 unspecified atom stereocenters. The molecule has 2 amide bonds. The van der Waals surface area contributed by atoms with Crippen molar-refractivity contribution in [3.8, 4) is 0 Å². The van der Waals surface area contributed by atoms with E-state index >= 15 is 0 Å². The van der Waals surface area contributed by atoms with Crippen LogP contribution in [0.2, 0.25) is 10.0 Å². The van der Waals surface area contributed by atoms with Crippen molar-refractivity contribution in [3.05, 3.63) is 82.1 Å². The molecule has 0 aliphatic carbocycles. The molecule has 0 spiro atoms. The van der Waals surface area contributed by atoms with E-state index in [2.05, 4.69) is 30.6 Å². The third-order valence-corrected chi connectivity index (χ3v) is 7.14. The summed E-state index contributed by atoms with van der Waals surface area (Å²) in [4.78, 5) is 30.7. The van der Waals surface area contributed by atoms with Gasteiger partial charge in [-0.1, -0.05) is 71.0 Å². The fourth-order valence-corrected chi connectivity index (χ4v) is 4.55. The molecule has 0 fully saturated rings. The molecule has 0 bridgehead atoms. The lowest BCUT2D eigenvalue weighted by atomic mass is 10.2. The highest BCUT2D eigenvalue weighted by atomic mass is 35.5. The third kappa shape index (κ3) is 6.79. The molecule has 4 N–H and O–H groups in total.